The molecule has 118 valence electrons. The predicted molar refractivity (Wildman–Crippen MR) is 109 cm³/mol. The molecule has 8 heteroatoms. The Kier molecular flexibility index (Phi) is 3.10. The number of hydrogen-bond donors (Lipinski definition) is 2. The van der Waals surface area contributed by atoms with Crippen LogP contribution in [0.4, 0.5) is 0 Å². The third-order valence-electron chi connectivity index (χ3n) is 4.33. The van der Waals surface area contributed by atoms with E-state index in [-0.39, 0.29) is 0 Å². The second kappa shape index (κ2) is 5.01. The molecule has 4 nitrogen and oxygen atoms in total. The van der Waals surface area contributed by atoms with Gasteiger partial charge < -0.3 is 11.7 Å². The number of rotatable bonds is 0. The molecule has 0 bridgehead atoms. The van der Waals surface area contributed by atoms with Gasteiger partial charge in [-0.1, -0.05) is 0 Å². The molecule has 0 amide bonds. The van der Waals surface area contributed by atoms with Crippen molar-refractivity contribution in [1.82, 2.24) is 0 Å². The molecule has 0 saturated carbocycles. The first-order valence-electron chi connectivity index (χ1n) is 6.97. The van der Waals surface area contributed by atoms with Gasteiger partial charge in [0.05, 0.1) is 18.3 Å². The monoisotopic (exact) mass is 478 g/mol. The quantitative estimate of drug-likeness (QED) is 0.255. The molecule has 0 atom stereocenters. The highest BCUT2D eigenvalue weighted by atomic mass is 79.9. The SMILES string of the molecule is NN=c1c2cc3c(cc2c2sc(Br)cc12)c(=NN)c1cc(Br)sc13. The molecule has 24 heavy (non-hydrogen) atoms. The summed E-state index contributed by atoms with van der Waals surface area (Å²) in [5, 5.41) is 16.3. The van der Waals surface area contributed by atoms with Crippen LogP contribution in [0.5, 0.6) is 0 Å². The third-order valence-corrected chi connectivity index (χ3v) is 7.67. The number of thiophene rings is 2. The van der Waals surface area contributed by atoms with Crippen LogP contribution in [0.25, 0.3) is 41.7 Å². The fourth-order valence-corrected chi connectivity index (χ4v) is 6.67. The van der Waals surface area contributed by atoms with Crippen LogP contribution in [0.1, 0.15) is 0 Å². The van der Waals surface area contributed by atoms with Crippen LogP contribution in [-0.2, 0) is 0 Å². The van der Waals surface area contributed by atoms with E-state index in [4.69, 9.17) is 11.7 Å². The van der Waals surface area contributed by atoms with Gasteiger partial charge in [-0.3, -0.25) is 0 Å². The first-order chi connectivity index (χ1) is 11.6. The number of hydrogen-bond acceptors (Lipinski definition) is 6. The molecule has 0 spiro atoms. The van der Waals surface area contributed by atoms with E-state index < -0.39 is 0 Å². The molecule has 5 rings (SSSR count). The van der Waals surface area contributed by atoms with Gasteiger partial charge in [-0.2, -0.15) is 10.2 Å². The van der Waals surface area contributed by atoms with E-state index in [2.05, 4.69) is 66.3 Å². The zero-order valence-corrected chi connectivity index (χ0v) is 16.7. The Hall–Kier alpha value is -1.48. The third kappa shape index (κ3) is 1.77. The minimum absolute atomic E-state index is 0.833. The van der Waals surface area contributed by atoms with E-state index >= 15 is 0 Å². The molecular weight excluding hydrogens is 472 g/mol. The average molecular weight is 480 g/mol. The molecule has 0 unspecified atom stereocenters. The molecule has 5 aromatic rings. The van der Waals surface area contributed by atoms with Crippen LogP contribution < -0.4 is 22.4 Å². The first kappa shape index (κ1) is 14.8. The van der Waals surface area contributed by atoms with Crippen LogP contribution in [0.15, 0.2) is 42.0 Å². The van der Waals surface area contributed by atoms with Crippen molar-refractivity contribution in [1.29, 1.82) is 0 Å². The summed E-state index contributed by atoms with van der Waals surface area (Å²) in [5.74, 6) is 11.4. The summed E-state index contributed by atoms with van der Waals surface area (Å²) in [5.41, 5.74) is 0. The Morgan fingerprint density at radius 2 is 1.04 bits per heavy atom. The summed E-state index contributed by atoms with van der Waals surface area (Å²) in [6.45, 7) is 0. The van der Waals surface area contributed by atoms with Gasteiger partial charge in [0, 0.05) is 41.7 Å². The molecule has 2 heterocycles. The second-order valence-corrected chi connectivity index (χ2v) is 10.3. The zero-order chi connectivity index (χ0) is 16.6. The van der Waals surface area contributed by atoms with Gasteiger partial charge >= 0.3 is 0 Å². The van der Waals surface area contributed by atoms with Crippen LogP contribution in [-0.4, -0.2) is 0 Å². The zero-order valence-electron chi connectivity index (χ0n) is 11.9. The molecule has 0 saturated heterocycles. The summed E-state index contributed by atoms with van der Waals surface area (Å²) in [6.07, 6.45) is 0. The summed E-state index contributed by atoms with van der Waals surface area (Å²) in [7, 11) is 0. The number of nitrogens with two attached hydrogens (primary N) is 2. The topological polar surface area (TPSA) is 76.8 Å². The minimum atomic E-state index is 0.833. The van der Waals surface area contributed by atoms with Crippen molar-refractivity contribution < 1.29 is 0 Å². The van der Waals surface area contributed by atoms with E-state index in [1.807, 2.05) is 0 Å². The summed E-state index contributed by atoms with van der Waals surface area (Å²) in [6, 6.07) is 8.47. The van der Waals surface area contributed by atoms with Gasteiger partial charge in [0.25, 0.3) is 0 Å². The standard InChI is InChI=1S/C16H8Br2N4S2/c17-11-4-10-14(22-20)6-2-8-5(1-7(6)15(10)23-11)13(21-19)9-3-12(18)24-16(8)9/h1-4H,19-20H2. The van der Waals surface area contributed by atoms with Crippen molar-refractivity contribution in [2.24, 2.45) is 21.9 Å². The van der Waals surface area contributed by atoms with Gasteiger partial charge in [0.2, 0.25) is 0 Å². The molecule has 0 aliphatic carbocycles. The highest BCUT2D eigenvalue weighted by Gasteiger charge is 2.17. The summed E-state index contributed by atoms with van der Waals surface area (Å²) < 4.78 is 4.49. The van der Waals surface area contributed by atoms with Crippen molar-refractivity contribution in [3.05, 3.63) is 42.6 Å². The van der Waals surface area contributed by atoms with Gasteiger partial charge in [0.1, 0.15) is 0 Å². The van der Waals surface area contributed by atoms with Gasteiger partial charge in [-0.05, 0) is 56.1 Å². The van der Waals surface area contributed by atoms with Crippen molar-refractivity contribution in [2.45, 2.75) is 0 Å². The van der Waals surface area contributed by atoms with Gasteiger partial charge in [-0.15, -0.1) is 22.7 Å². The molecule has 0 fully saturated rings. The largest absolute Gasteiger partial charge is 0.323 e. The Bertz CT molecular complexity index is 1290. The minimum Gasteiger partial charge on any atom is -0.323 e. The first-order valence-corrected chi connectivity index (χ1v) is 10.2. The second-order valence-electron chi connectivity index (χ2n) is 5.49. The highest BCUT2D eigenvalue weighted by Crippen LogP contribution is 2.39. The maximum Gasteiger partial charge on any atom is 0.0993 e. The van der Waals surface area contributed by atoms with Crippen molar-refractivity contribution >= 4 is 96.3 Å². The summed E-state index contributed by atoms with van der Waals surface area (Å²) in [4.78, 5) is 0. The van der Waals surface area contributed by atoms with Crippen molar-refractivity contribution in [3.63, 3.8) is 0 Å². The Labute approximate surface area is 160 Å². The van der Waals surface area contributed by atoms with E-state index in [0.717, 1.165) is 50.6 Å². The smallest absolute Gasteiger partial charge is 0.0993 e. The normalized spacial score (nSPS) is 14.2. The molecule has 0 aliphatic rings. The predicted octanol–water partition coefficient (Wildman–Crippen LogP) is 4.37. The highest BCUT2D eigenvalue weighted by molar-refractivity contribution is 9.11. The molecule has 4 N–H and O–H groups in total. The molecule has 2 aromatic heterocycles. The molecular formula is C16H8Br2N4S2. The van der Waals surface area contributed by atoms with E-state index in [0.29, 0.717) is 0 Å². The van der Waals surface area contributed by atoms with Crippen LogP contribution in [0.3, 0.4) is 0 Å². The maximum atomic E-state index is 5.70. The van der Waals surface area contributed by atoms with Crippen LogP contribution in [0, 0.1) is 0 Å². The van der Waals surface area contributed by atoms with Gasteiger partial charge in [0.15, 0.2) is 0 Å². The number of fused-ring (bicyclic) bond motifs is 6. The van der Waals surface area contributed by atoms with E-state index in [1.165, 1.54) is 9.40 Å². The van der Waals surface area contributed by atoms with Crippen molar-refractivity contribution in [2.75, 3.05) is 0 Å². The lowest BCUT2D eigenvalue weighted by Crippen LogP contribution is -2.04. The van der Waals surface area contributed by atoms with Gasteiger partial charge in [-0.25, -0.2) is 0 Å². The maximum absolute atomic E-state index is 5.70. The Morgan fingerprint density at radius 3 is 1.42 bits per heavy atom. The van der Waals surface area contributed by atoms with Crippen LogP contribution >= 0.6 is 54.5 Å². The number of halogens is 2. The lowest BCUT2D eigenvalue weighted by atomic mass is 10.1. The molecule has 0 radical (unpaired) electrons. The average Bonchev–Trinajstić information content (AvgIpc) is 3.24. The van der Waals surface area contributed by atoms with Crippen molar-refractivity contribution in [3.8, 4) is 0 Å². The van der Waals surface area contributed by atoms with E-state index in [1.54, 1.807) is 22.7 Å². The van der Waals surface area contributed by atoms with Crippen LogP contribution in [0.2, 0.25) is 0 Å². The number of nitrogens with zero attached hydrogens (tertiary/aromatic N) is 2. The summed E-state index contributed by atoms with van der Waals surface area (Å²) >= 11 is 10.5. The molecule has 0 aliphatic heterocycles. The van der Waals surface area contributed by atoms with E-state index in [9.17, 15) is 0 Å². The lowest BCUT2D eigenvalue weighted by Gasteiger charge is -1.95. The Balaban J connectivity index is 2.13. The fourth-order valence-electron chi connectivity index (χ4n) is 3.41. The lowest BCUT2D eigenvalue weighted by molar-refractivity contribution is 1.17. The number of benzene rings is 1. The fraction of sp³-hybridized carbons (Fsp3) is 0. The molecule has 3 aromatic carbocycles. The Morgan fingerprint density at radius 1 is 0.625 bits per heavy atom.